The molecule has 5 heteroatoms. The first-order chi connectivity index (χ1) is 19.4. The fourth-order valence-corrected chi connectivity index (χ4v) is 7.22. The third-order valence-corrected chi connectivity index (χ3v) is 9.51. The molecule has 0 radical (unpaired) electrons. The summed E-state index contributed by atoms with van der Waals surface area (Å²) in [5.41, 5.74) is 4.81. The number of methoxy groups -OCH3 is 1. The largest absolute Gasteiger partial charge is 0.497 e. The second-order valence-corrected chi connectivity index (χ2v) is 12.6. The van der Waals surface area contributed by atoms with Crippen LogP contribution in [0.25, 0.3) is 0 Å². The molecule has 2 unspecified atom stereocenters. The maximum absolute atomic E-state index is 6.65. The zero-order valence-corrected chi connectivity index (χ0v) is 24.7. The van der Waals surface area contributed by atoms with Gasteiger partial charge in [-0.1, -0.05) is 42.5 Å². The Hall–Kier alpha value is -3.02. The summed E-state index contributed by atoms with van der Waals surface area (Å²) in [6, 6.07) is 26.5. The van der Waals surface area contributed by atoms with E-state index in [0.717, 1.165) is 30.5 Å². The zero-order valence-electron chi connectivity index (χ0n) is 24.7. The minimum absolute atomic E-state index is 0.147. The highest BCUT2D eigenvalue weighted by atomic mass is 16.5. The van der Waals surface area contributed by atoms with Crippen molar-refractivity contribution in [3.63, 3.8) is 0 Å². The second-order valence-electron chi connectivity index (χ2n) is 12.6. The van der Waals surface area contributed by atoms with Gasteiger partial charge in [0.1, 0.15) is 17.1 Å². The number of rotatable bonds is 6. The van der Waals surface area contributed by atoms with Gasteiger partial charge < -0.3 is 24.2 Å². The van der Waals surface area contributed by atoms with Crippen molar-refractivity contribution in [2.24, 2.45) is 5.92 Å². The van der Waals surface area contributed by atoms with Gasteiger partial charge in [0.05, 0.1) is 7.11 Å². The van der Waals surface area contributed by atoms with E-state index in [9.17, 15) is 0 Å². The van der Waals surface area contributed by atoms with Crippen molar-refractivity contribution >= 4 is 5.69 Å². The lowest BCUT2D eigenvalue weighted by molar-refractivity contribution is 0.0530. The zero-order chi connectivity index (χ0) is 27.7. The molecule has 2 atom stereocenters. The fraction of sp³-hybridized carbons (Fsp3) is 0.486. The van der Waals surface area contributed by atoms with E-state index in [4.69, 9.17) is 9.47 Å². The normalized spacial score (nSPS) is 23.9. The molecule has 3 aromatic rings. The molecule has 0 spiro atoms. The number of anilines is 1. The number of piperidine rings is 1. The van der Waals surface area contributed by atoms with Gasteiger partial charge in [-0.25, -0.2) is 0 Å². The molecule has 0 saturated carbocycles. The van der Waals surface area contributed by atoms with Crippen LogP contribution in [-0.4, -0.2) is 75.4 Å². The highest BCUT2D eigenvalue weighted by Gasteiger charge is 2.45. The molecule has 3 heterocycles. The van der Waals surface area contributed by atoms with Crippen LogP contribution < -0.4 is 14.4 Å². The molecule has 0 amide bonds. The Labute approximate surface area is 240 Å². The maximum atomic E-state index is 6.65. The van der Waals surface area contributed by atoms with Gasteiger partial charge in [-0.2, -0.15) is 0 Å². The minimum Gasteiger partial charge on any atom is -0.497 e. The number of piperazine rings is 1. The molecule has 6 rings (SSSR count). The molecule has 212 valence electrons. The standard InChI is InChI=1S/C35H45N3O2/c1-35(2)34(28-8-7-9-30(24-28)39-4)33(31-10-5-6-11-32(31)40-35)27-12-14-29(15-13-27)38-18-16-26(17-19-38)25-37-22-20-36(3)21-23-37/h5-15,24,26,33-34H,16-23,25H2,1-4H3. The highest BCUT2D eigenvalue weighted by Crippen LogP contribution is 2.53. The molecule has 0 aliphatic carbocycles. The van der Waals surface area contributed by atoms with Crippen LogP contribution in [0.1, 0.15) is 55.2 Å². The molecule has 40 heavy (non-hydrogen) atoms. The molecule has 0 bridgehead atoms. The molecule has 3 aliphatic heterocycles. The highest BCUT2D eigenvalue weighted by molar-refractivity contribution is 5.54. The topological polar surface area (TPSA) is 28.2 Å². The van der Waals surface area contributed by atoms with Crippen molar-refractivity contribution in [3.8, 4) is 11.5 Å². The number of hydrogen-bond acceptors (Lipinski definition) is 5. The van der Waals surface area contributed by atoms with E-state index in [1.807, 2.05) is 6.07 Å². The summed E-state index contributed by atoms with van der Waals surface area (Å²) in [5, 5.41) is 0. The summed E-state index contributed by atoms with van der Waals surface area (Å²) in [7, 11) is 3.98. The van der Waals surface area contributed by atoms with Crippen LogP contribution in [0.2, 0.25) is 0 Å². The lowest BCUT2D eigenvalue weighted by Gasteiger charge is -2.45. The number of likely N-dealkylation sites (N-methyl/N-ethyl adjacent to an activating group) is 1. The number of nitrogens with zero attached hydrogens (tertiary/aromatic N) is 3. The van der Waals surface area contributed by atoms with Gasteiger partial charge in [-0.3, -0.25) is 0 Å². The minimum atomic E-state index is -0.379. The summed E-state index contributed by atoms with van der Waals surface area (Å²) in [6.07, 6.45) is 2.57. The number of ether oxygens (including phenoxy) is 2. The summed E-state index contributed by atoms with van der Waals surface area (Å²) >= 11 is 0. The average molecular weight is 540 g/mol. The molecular formula is C35H45N3O2. The first-order valence-corrected chi connectivity index (χ1v) is 15.1. The Kier molecular flexibility index (Phi) is 7.78. The predicted molar refractivity (Wildman–Crippen MR) is 164 cm³/mol. The monoisotopic (exact) mass is 539 g/mol. The van der Waals surface area contributed by atoms with Gasteiger partial charge in [0.2, 0.25) is 0 Å². The van der Waals surface area contributed by atoms with Crippen LogP contribution in [-0.2, 0) is 0 Å². The van der Waals surface area contributed by atoms with Crippen LogP contribution >= 0.6 is 0 Å². The number of hydrogen-bond donors (Lipinski definition) is 0. The van der Waals surface area contributed by atoms with Crippen molar-refractivity contribution in [1.29, 1.82) is 0 Å². The van der Waals surface area contributed by atoms with E-state index in [1.54, 1.807) is 7.11 Å². The average Bonchev–Trinajstić information content (AvgIpc) is 2.98. The van der Waals surface area contributed by atoms with E-state index in [-0.39, 0.29) is 17.4 Å². The Morgan fingerprint density at radius 3 is 2.27 bits per heavy atom. The van der Waals surface area contributed by atoms with Crippen molar-refractivity contribution in [2.75, 3.05) is 64.9 Å². The van der Waals surface area contributed by atoms with Gasteiger partial charge in [0.25, 0.3) is 0 Å². The van der Waals surface area contributed by atoms with Gasteiger partial charge in [-0.05, 0) is 81.1 Å². The number of para-hydroxylation sites is 1. The quantitative estimate of drug-likeness (QED) is 0.370. The Bertz CT molecular complexity index is 1270. The van der Waals surface area contributed by atoms with Crippen LogP contribution in [0, 0.1) is 5.92 Å². The number of benzene rings is 3. The van der Waals surface area contributed by atoms with E-state index in [2.05, 4.69) is 102 Å². The van der Waals surface area contributed by atoms with Crippen LogP contribution in [0.3, 0.4) is 0 Å². The van der Waals surface area contributed by atoms with Crippen molar-refractivity contribution < 1.29 is 9.47 Å². The Morgan fingerprint density at radius 2 is 1.55 bits per heavy atom. The van der Waals surface area contributed by atoms with Gasteiger partial charge in [-0.15, -0.1) is 0 Å². The fourth-order valence-electron chi connectivity index (χ4n) is 7.22. The first kappa shape index (κ1) is 27.2. The maximum Gasteiger partial charge on any atom is 0.123 e. The van der Waals surface area contributed by atoms with Crippen molar-refractivity contribution in [1.82, 2.24) is 9.80 Å². The van der Waals surface area contributed by atoms with E-state index in [0.29, 0.717) is 0 Å². The lowest BCUT2D eigenvalue weighted by atomic mass is 9.68. The van der Waals surface area contributed by atoms with Crippen LogP contribution in [0.5, 0.6) is 11.5 Å². The molecule has 3 aromatic carbocycles. The molecule has 5 nitrogen and oxygen atoms in total. The lowest BCUT2D eigenvalue weighted by Crippen LogP contribution is -2.47. The van der Waals surface area contributed by atoms with Crippen molar-refractivity contribution in [3.05, 3.63) is 89.5 Å². The molecule has 2 saturated heterocycles. The van der Waals surface area contributed by atoms with Crippen molar-refractivity contribution in [2.45, 2.75) is 44.1 Å². The molecular weight excluding hydrogens is 494 g/mol. The van der Waals surface area contributed by atoms with Crippen LogP contribution in [0.4, 0.5) is 5.69 Å². The second kappa shape index (κ2) is 11.5. The molecule has 0 aromatic heterocycles. The Balaban J connectivity index is 1.21. The molecule has 2 fully saturated rings. The summed E-state index contributed by atoms with van der Waals surface area (Å²) in [6.45, 7) is 12.9. The molecule has 3 aliphatic rings. The van der Waals surface area contributed by atoms with Crippen LogP contribution in [0.15, 0.2) is 72.8 Å². The smallest absolute Gasteiger partial charge is 0.123 e. The van der Waals surface area contributed by atoms with E-state index >= 15 is 0 Å². The first-order valence-electron chi connectivity index (χ1n) is 15.1. The van der Waals surface area contributed by atoms with E-state index < -0.39 is 0 Å². The Morgan fingerprint density at radius 1 is 0.825 bits per heavy atom. The number of fused-ring (bicyclic) bond motifs is 1. The van der Waals surface area contributed by atoms with Gasteiger partial charge in [0.15, 0.2) is 0 Å². The summed E-state index contributed by atoms with van der Waals surface area (Å²) in [5.74, 6) is 3.04. The van der Waals surface area contributed by atoms with Gasteiger partial charge >= 0.3 is 0 Å². The molecule has 0 N–H and O–H groups in total. The third-order valence-electron chi connectivity index (χ3n) is 9.51. The summed E-state index contributed by atoms with van der Waals surface area (Å²) in [4.78, 5) is 7.72. The third kappa shape index (κ3) is 5.59. The van der Waals surface area contributed by atoms with E-state index in [1.165, 1.54) is 67.9 Å². The predicted octanol–water partition coefficient (Wildman–Crippen LogP) is 6.25. The SMILES string of the molecule is COc1cccc(C2C(c3ccc(N4CCC(CN5CCN(C)CC5)CC4)cc3)c3ccccc3OC2(C)C)c1. The van der Waals surface area contributed by atoms with Gasteiger partial charge in [0, 0.05) is 68.9 Å². The summed E-state index contributed by atoms with van der Waals surface area (Å²) < 4.78 is 12.3.